The third kappa shape index (κ3) is 5.12. The monoisotopic (exact) mass is 251 g/mol. The van der Waals surface area contributed by atoms with E-state index >= 15 is 0 Å². The molecule has 0 aromatic heterocycles. The van der Waals surface area contributed by atoms with Gasteiger partial charge in [-0.3, -0.25) is 0 Å². The minimum absolute atomic E-state index is 0.211. The lowest BCUT2D eigenvalue weighted by Crippen LogP contribution is -2.05. The van der Waals surface area contributed by atoms with Crippen LogP contribution in [0.5, 0.6) is 5.75 Å². The second-order valence-corrected chi connectivity index (χ2v) is 5.22. The van der Waals surface area contributed by atoms with E-state index in [4.69, 9.17) is 15.1 Å². The van der Waals surface area contributed by atoms with E-state index < -0.39 is 0 Å². The molecule has 1 aromatic rings. The van der Waals surface area contributed by atoms with Crippen LogP contribution in [-0.4, -0.2) is 29.3 Å². The molecular weight excluding hydrogens is 234 g/mol. The fraction of sp³-hybridized carbons (Fsp3) is 0.462. The highest BCUT2D eigenvalue weighted by molar-refractivity contribution is 7.99. The number of thioether (sulfide) groups is 1. The third-order valence-electron chi connectivity index (χ3n) is 2.21. The van der Waals surface area contributed by atoms with Crippen molar-refractivity contribution in [3.63, 3.8) is 0 Å². The van der Waals surface area contributed by atoms with E-state index in [1.807, 2.05) is 25.1 Å². The van der Waals surface area contributed by atoms with Gasteiger partial charge in [-0.15, -0.1) is 0 Å². The van der Waals surface area contributed by atoms with Crippen LogP contribution in [0, 0.1) is 11.3 Å². The van der Waals surface area contributed by atoms with Gasteiger partial charge in [-0.25, -0.2) is 0 Å². The van der Waals surface area contributed by atoms with Gasteiger partial charge in [-0.1, -0.05) is 19.1 Å². The van der Waals surface area contributed by atoms with Gasteiger partial charge in [0.05, 0.1) is 18.8 Å². The number of para-hydroxylation sites is 1. The van der Waals surface area contributed by atoms with Crippen LogP contribution in [0.4, 0.5) is 0 Å². The Bertz CT molecular complexity index is 376. The van der Waals surface area contributed by atoms with Crippen molar-refractivity contribution in [1.29, 1.82) is 5.26 Å². The summed E-state index contributed by atoms with van der Waals surface area (Å²) in [6.07, 6.45) is 0.911. The molecule has 0 radical (unpaired) electrons. The van der Waals surface area contributed by atoms with E-state index in [9.17, 15) is 0 Å². The lowest BCUT2D eigenvalue weighted by molar-refractivity contribution is 0.299. The first kappa shape index (κ1) is 13.9. The second kappa shape index (κ2) is 7.99. The van der Waals surface area contributed by atoms with Gasteiger partial charge in [-0.05, 0) is 24.3 Å². The molecule has 0 aliphatic heterocycles. The SMILES string of the molecule is CC(CO)SCCCOc1ccccc1C#N. The quantitative estimate of drug-likeness (QED) is 0.756. The van der Waals surface area contributed by atoms with Crippen molar-refractivity contribution in [1.82, 2.24) is 0 Å². The smallest absolute Gasteiger partial charge is 0.137 e. The fourth-order valence-electron chi connectivity index (χ4n) is 1.26. The highest BCUT2D eigenvalue weighted by Crippen LogP contribution is 2.17. The average molecular weight is 251 g/mol. The maximum absolute atomic E-state index is 8.86. The van der Waals surface area contributed by atoms with E-state index in [1.54, 1.807) is 17.8 Å². The molecule has 1 aromatic carbocycles. The van der Waals surface area contributed by atoms with Gasteiger partial charge in [0.15, 0.2) is 0 Å². The molecule has 0 aliphatic carbocycles. The number of nitrogens with zero attached hydrogens (tertiary/aromatic N) is 1. The highest BCUT2D eigenvalue weighted by Gasteiger charge is 2.02. The molecule has 92 valence electrons. The third-order valence-corrected chi connectivity index (χ3v) is 3.46. The lowest BCUT2D eigenvalue weighted by atomic mass is 10.2. The number of nitriles is 1. The van der Waals surface area contributed by atoms with Crippen molar-refractivity contribution in [2.45, 2.75) is 18.6 Å². The first-order chi connectivity index (χ1) is 8.27. The molecule has 0 spiro atoms. The topological polar surface area (TPSA) is 53.2 Å². The van der Waals surface area contributed by atoms with Crippen LogP contribution < -0.4 is 4.74 Å². The summed E-state index contributed by atoms with van der Waals surface area (Å²) in [6, 6.07) is 9.34. The first-order valence-corrected chi connectivity index (χ1v) is 6.67. The predicted octanol–water partition coefficient (Wildman–Crippen LogP) is 2.44. The van der Waals surface area contributed by atoms with Crippen molar-refractivity contribution in [3.8, 4) is 11.8 Å². The molecule has 4 heteroatoms. The van der Waals surface area contributed by atoms with E-state index in [0.717, 1.165) is 12.2 Å². The van der Waals surface area contributed by atoms with Crippen LogP contribution in [0.15, 0.2) is 24.3 Å². The molecule has 0 saturated heterocycles. The zero-order valence-corrected chi connectivity index (χ0v) is 10.7. The van der Waals surface area contributed by atoms with Crippen LogP contribution in [0.25, 0.3) is 0 Å². The van der Waals surface area contributed by atoms with E-state index in [0.29, 0.717) is 17.9 Å². The molecule has 0 fully saturated rings. The van der Waals surface area contributed by atoms with E-state index in [-0.39, 0.29) is 11.9 Å². The number of rotatable bonds is 7. The van der Waals surface area contributed by atoms with Crippen LogP contribution in [0.1, 0.15) is 18.9 Å². The lowest BCUT2D eigenvalue weighted by Gasteiger charge is -2.09. The molecule has 0 saturated carbocycles. The average Bonchev–Trinajstić information content (AvgIpc) is 2.38. The van der Waals surface area contributed by atoms with Crippen molar-refractivity contribution < 1.29 is 9.84 Å². The van der Waals surface area contributed by atoms with Crippen molar-refractivity contribution in [3.05, 3.63) is 29.8 Å². The number of hydrogen-bond acceptors (Lipinski definition) is 4. The molecule has 0 amide bonds. The Hall–Kier alpha value is -1.18. The summed E-state index contributed by atoms with van der Waals surface area (Å²) < 4.78 is 5.55. The first-order valence-electron chi connectivity index (χ1n) is 5.62. The summed E-state index contributed by atoms with van der Waals surface area (Å²) in [6.45, 7) is 2.81. The van der Waals surface area contributed by atoms with E-state index in [1.165, 1.54) is 0 Å². The second-order valence-electron chi connectivity index (χ2n) is 3.67. The number of aliphatic hydroxyl groups is 1. The molecule has 0 bridgehead atoms. The van der Waals surface area contributed by atoms with Gasteiger partial charge < -0.3 is 9.84 Å². The molecule has 17 heavy (non-hydrogen) atoms. The summed E-state index contributed by atoms with van der Waals surface area (Å²) in [5.41, 5.74) is 0.573. The van der Waals surface area contributed by atoms with Gasteiger partial charge in [0, 0.05) is 5.25 Å². The van der Waals surface area contributed by atoms with Crippen LogP contribution >= 0.6 is 11.8 Å². The molecule has 1 N–H and O–H groups in total. The number of benzene rings is 1. The van der Waals surface area contributed by atoms with Gasteiger partial charge in [0.1, 0.15) is 11.8 Å². The standard InChI is InChI=1S/C13H17NO2S/c1-11(10-15)17-8-4-7-16-13-6-3-2-5-12(13)9-14/h2-3,5-6,11,15H,4,7-8,10H2,1H3. The Morgan fingerprint density at radius 2 is 2.24 bits per heavy atom. The largest absolute Gasteiger partial charge is 0.492 e. The molecule has 1 unspecified atom stereocenters. The molecule has 1 atom stereocenters. The maximum Gasteiger partial charge on any atom is 0.137 e. The van der Waals surface area contributed by atoms with Gasteiger partial charge in [0.2, 0.25) is 0 Å². The zero-order chi connectivity index (χ0) is 12.5. The van der Waals surface area contributed by atoms with Crippen LogP contribution in [0.3, 0.4) is 0 Å². The Balaban J connectivity index is 2.25. The summed E-state index contributed by atoms with van der Waals surface area (Å²) in [4.78, 5) is 0. The number of ether oxygens (including phenoxy) is 1. The number of hydrogen-bond donors (Lipinski definition) is 1. The Morgan fingerprint density at radius 3 is 2.94 bits per heavy atom. The fourth-order valence-corrected chi connectivity index (χ4v) is 2.06. The normalized spacial score (nSPS) is 11.8. The molecule has 0 heterocycles. The summed E-state index contributed by atoms with van der Waals surface area (Å²) in [5, 5.41) is 18.0. The Labute approximate surface area is 106 Å². The van der Waals surface area contributed by atoms with Crippen molar-refractivity contribution in [2.24, 2.45) is 0 Å². The minimum atomic E-state index is 0.211. The van der Waals surface area contributed by atoms with Gasteiger partial charge >= 0.3 is 0 Å². The zero-order valence-electron chi connectivity index (χ0n) is 9.93. The van der Waals surface area contributed by atoms with Gasteiger partial charge in [-0.2, -0.15) is 17.0 Å². The Morgan fingerprint density at radius 1 is 1.47 bits per heavy atom. The van der Waals surface area contributed by atoms with Gasteiger partial charge in [0.25, 0.3) is 0 Å². The number of aliphatic hydroxyl groups excluding tert-OH is 1. The maximum atomic E-state index is 8.86. The molecule has 3 nitrogen and oxygen atoms in total. The summed E-state index contributed by atoms with van der Waals surface area (Å²) in [7, 11) is 0. The molecule has 0 aliphatic rings. The summed E-state index contributed by atoms with van der Waals surface area (Å²) in [5.74, 6) is 1.60. The van der Waals surface area contributed by atoms with Crippen LogP contribution in [0.2, 0.25) is 0 Å². The minimum Gasteiger partial charge on any atom is -0.492 e. The van der Waals surface area contributed by atoms with Crippen molar-refractivity contribution >= 4 is 11.8 Å². The molecular formula is C13H17NO2S. The van der Waals surface area contributed by atoms with Crippen molar-refractivity contribution in [2.75, 3.05) is 19.0 Å². The summed E-state index contributed by atoms with van der Waals surface area (Å²) >= 11 is 1.73. The van der Waals surface area contributed by atoms with E-state index in [2.05, 4.69) is 6.07 Å². The predicted molar refractivity (Wildman–Crippen MR) is 70.3 cm³/mol. The Kier molecular flexibility index (Phi) is 6.53. The van der Waals surface area contributed by atoms with Crippen LogP contribution in [-0.2, 0) is 0 Å². The molecule has 1 rings (SSSR count). The highest BCUT2D eigenvalue weighted by atomic mass is 32.2.